The van der Waals surface area contributed by atoms with Gasteiger partial charge in [0.05, 0.1) is 31.6 Å². The fourth-order valence-corrected chi connectivity index (χ4v) is 3.81. The van der Waals surface area contributed by atoms with Gasteiger partial charge in [-0.25, -0.2) is 9.37 Å². The van der Waals surface area contributed by atoms with Crippen LogP contribution < -0.4 is 15.4 Å². The van der Waals surface area contributed by atoms with E-state index in [4.69, 9.17) is 10.5 Å². The fourth-order valence-electron chi connectivity index (χ4n) is 3.81. The molecule has 2 aromatic heterocycles. The van der Waals surface area contributed by atoms with Gasteiger partial charge in [-0.1, -0.05) is 12.1 Å². The van der Waals surface area contributed by atoms with E-state index in [0.29, 0.717) is 36.8 Å². The van der Waals surface area contributed by atoms with Crippen molar-refractivity contribution in [3.63, 3.8) is 0 Å². The van der Waals surface area contributed by atoms with Crippen molar-refractivity contribution in [2.75, 3.05) is 44.0 Å². The molecule has 166 valence electrons. The van der Waals surface area contributed by atoms with Crippen LogP contribution in [0.15, 0.2) is 54.9 Å². The van der Waals surface area contributed by atoms with Crippen LogP contribution in [0.3, 0.4) is 0 Å². The Morgan fingerprint density at radius 3 is 2.62 bits per heavy atom. The second kappa shape index (κ2) is 9.19. The molecule has 1 aromatic carbocycles. The zero-order valence-corrected chi connectivity index (χ0v) is 17.6. The maximum atomic E-state index is 13.3. The molecule has 32 heavy (non-hydrogen) atoms. The molecule has 1 fully saturated rings. The van der Waals surface area contributed by atoms with Crippen LogP contribution in [0.4, 0.5) is 15.9 Å². The Hall–Kier alpha value is -3.72. The number of nitrogen functional groups attached to an aromatic ring is 1. The van der Waals surface area contributed by atoms with Crippen LogP contribution in [0.25, 0.3) is 11.1 Å². The number of rotatable bonds is 5. The molecule has 0 bridgehead atoms. The summed E-state index contributed by atoms with van der Waals surface area (Å²) in [4.78, 5) is 25.3. The Morgan fingerprint density at radius 2 is 1.97 bits per heavy atom. The summed E-state index contributed by atoms with van der Waals surface area (Å²) in [6, 6.07) is 10.7. The highest BCUT2D eigenvalue weighted by molar-refractivity contribution is 5.94. The van der Waals surface area contributed by atoms with E-state index in [2.05, 4.69) is 14.9 Å². The molecule has 0 radical (unpaired) electrons. The van der Waals surface area contributed by atoms with Crippen molar-refractivity contribution in [3.05, 3.63) is 66.4 Å². The summed E-state index contributed by atoms with van der Waals surface area (Å²) >= 11 is 0. The second-order valence-electron chi connectivity index (χ2n) is 7.50. The zero-order valence-electron chi connectivity index (χ0n) is 17.6. The topological polar surface area (TPSA) is 105 Å². The number of anilines is 2. The number of aliphatic hydroxyl groups is 1. The normalized spacial score (nSPS) is 16.2. The zero-order chi connectivity index (χ0) is 22.7. The smallest absolute Gasteiger partial charge is 0.273 e. The summed E-state index contributed by atoms with van der Waals surface area (Å²) in [6.07, 6.45) is 3.23. The number of nitrogens with zero attached hydrogens (tertiary/aromatic N) is 4. The van der Waals surface area contributed by atoms with Crippen LogP contribution in [-0.4, -0.2) is 65.3 Å². The predicted molar refractivity (Wildman–Crippen MR) is 119 cm³/mol. The van der Waals surface area contributed by atoms with Gasteiger partial charge in [-0.3, -0.25) is 9.78 Å². The standard InChI is InChI=1S/C23H24FN5O3/c1-32-21-10-20(26-12-19(21)15-2-4-16(24)5-3-15)23(31)29-9-8-28(13-18(29)14-30)17-6-7-22(25)27-11-17/h2-7,10-12,18,30H,8-9,13-14H2,1H3,(H2,25,27). The van der Waals surface area contributed by atoms with Crippen LogP contribution in [-0.2, 0) is 0 Å². The summed E-state index contributed by atoms with van der Waals surface area (Å²) in [5, 5.41) is 9.95. The SMILES string of the molecule is COc1cc(C(=O)N2CCN(c3ccc(N)nc3)CC2CO)ncc1-c1ccc(F)cc1. The van der Waals surface area contributed by atoms with Gasteiger partial charge in [0.1, 0.15) is 23.1 Å². The van der Waals surface area contributed by atoms with Gasteiger partial charge in [0, 0.05) is 37.5 Å². The van der Waals surface area contributed by atoms with Crippen molar-refractivity contribution in [2.24, 2.45) is 0 Å². The highest BCUT2D eigenvalue weighted by Gasteiger charge is 2.32. The number of halogens is 1. The molecule has 4 rings (SSSR count). The third kappa shape index (κ3) is 4.33. The van der Waals surface area contributed by atoms with Gasteiger partial charge in [0.25, 0.3) is 5.91 Å². The maximum absolute atomic E-state index is 13.3. The number of nitrogens with two attached hydrogens (primary N) is 1. The summed E-state index contributed by atoms with van der Waals surface area (Å²) in [5.74, 6) is 0.270. The van der Waals surface area contributed by atoms with E-state index < -0.39 is 6.04 Å². The Bertz CT molecular complexity index is 1090. The average Bonchev–Trinajstić information content (AvgIpc) is 2.84. The molecular formula is C23H24FN5O3. The van der Waals surface area contributed by atoms with Crippen molar-refractivity contribution in [2.45, 2.75) is 6.04 Å². The number of methoxy groups -OCH3 is 1. The number of carbonyl (C=O) groups is 1. The first kappa shape index (κ1) is 21.5. The molecule has 3 heterocycles. The number of amides is 1. The molecule has 0 saturated carbocycles. The first-order valence-corrected chi connectivity index (χ1v) is 10.2. The maximum Gasteiger partial charge on any atom is 0.273 e. The molecule has 9 heteroatoms. The number of pyridine rings is 2. The molecule has 1 aliphatic heterocycles. The van der Waals surface area contributed by atoms with E-state index in [0.717, 1.165) is 11.3 Å². The van der Waals surface area contributed by atoms with Crippen LogP contribution >= 0.6 is 0 Å². The Morgan fingerprint density at radius 1 is 1.19 bits per heavy atom. The Kier molecular flexibility index (Phi) is 6.18. The van der Waals surface area contributed by atoms with Crippen LogP contribution in [0, 0.1) is 5.82 Å². The molecule has 0 aliphatic carbocycles. The molecule has 8 nitrogen and oxygen atoms in total. The summed E-state index contributed by atoms with van der Waals surface area (Å²) in [5.41, 5.74) is 8.14. The van der Waals surface area contributed by atoms with E-state index in [1.165, 1.54) is 19.2 Å². The average molecular weight is 437 g/mol. The van der Waals surface area contributed by atoms with Gasteiger partial charge >= 0.3 is 0 Å². The molecular weight excluding hydrogens is 413 g/mol. The minimum absolute atomic E-state index is 0.185. The van der Waals surface area contributed by atoms with E-state index in [1.807, 2.05) is 6.07 Å². The van der Waals surface area contributed by atoms with Gasteiger partial charge in [0.15, 0.2) is 0 Å². The third-order valence-electron chi connectivity index (χ3n) is 5.55. The van der Waals surface area contributed by atoms with Crippen molar-refractivity contribution in [3.8, 4) is 16.9 Å². The molecule has 1 aliphatic rings. The van der Waals surface area contributed by atoms with Crippen molar-refractivity contribution in [1.29, 1.82) is 0 Å². The first-order valence-electron chi connectivity index (χ1n) is 10.2. The number of ether oxygens (including phenoxy) is 1. The quantitative estimate of drug-likeness (QED) is 0.630. The number of aliphatic hydroxyl groups excluding tert-OH is 1. The number of hydrogen-bond donors (Lipinski definition) is 2. The van der Waals surface area contributed by atoms with Crippen molar-refractivity contribution >= 4 is 17.4 Å². The number of benzene rings is 1. The molecule has 3 aromatic rings. The lowest BCUT2D eigenvalue weighted by Gasteiger charge is -2.41. The minimum Gasteiger partial charge on any atom is -0.496 e. The lowest BCUT2D eigenvalue weighted by Crippen LogP contribution is -2.57. The Labute approximate surface area is 185 Å². The molecule has 1 atom stereocenters. The number of carbonyl (C=O) groups excluding carboxylic acids is 1. The van der Waals surface area contributed by atoms with Gasteiger partial charge in [-0.05, 0) is 29.8 Å². The van der Waals surface area contributed by atoms with E-state index >= 15 is 0 Å². The predicted octanol–water partition coefficient (Wildman–Crippen LogP) is 2.20. The molecule has 0 spiro atoms. The van der Waals surface area contributed by atoms with Crippen LogP contribution in [0.1, 0.15) is 10.5 Å². The fraction of sp³-hybridized carbons (Fsp3) is 0.261. The van der Waals surface area contributed by atoms with Crippen LogP contribution in [0.2, 0.25) is 0 Å². The molecule has 1 amide bonds. The van der Waals surface area contributed by atoms with E-state index in [-0.39, 0.29) is 24.0 Å². The monoisotopic (exact) mass is 437 g/mol. The largest absolute Gasteiger partial charge is 0.496 e. The van der Waals surface area contributed by atoms with Crippen LogP contribution in [0.5, 0.6) is 5.75 Å². The Balaban J connectivity index is 1.54. The van der Waals surface area contributed by atoms with E-state index in [9.17, 15) is 14.3 Å². The lowest BCUT2D eigenvalue weighted by atomic mass is 10.1. The second-order valence-corrected chi connectivity index (χ2v) is 7.50. The minimum atomic E-state index is -0.404. The summed E-state index contributed by atoms with van der Waals surface area (Å²) in [7, 11) is 1.51. The first-order chi connectivity index (χ1) is 15.5. The highest BCUT2D eigenvalue weighted by atomic mass is 19.1. The summed E-state index contributed by atoms with van der Waals surface area (Å²) < 4.78 is 18.7. The van der Waals surface area contributed by atoms with Crippen molar-refractivity contribution < 1.29 is 19.0 Å². The number of hydrogen-bond acceptors (Lipinski definition) is 7. The van der Waals surface area contributed by atoms with Crippen molar-refractivity contribution in [1.82, 2.24) is 14.9 Å². The highest BCUT2D eigenvalue weighted by Crippen LogP contribution is 2.30. The number of piperazine rings is 1. The summed E-state index contributed by atoms with van der Waals surface area (Å²) in [6.45, 7) is 1.27. The third-order valence-corrected chi connectivity index (χ3v) is 5.55. The van der Waals surface area contributed by atoms with Gasteiger partial charge in [-0.2, -0.15) is 0 Å². The van der Waals surface area contributed by atoms with Gasteiger partial charge in [-0.15, -0.1) is 0 Å². The lowest BCUT2D eigenvalue weighted by molar-refractivity contribution is 0.0559. The van der Waals surface area contributed by atoms with E-state index in [1.54, 1.807) is 41.6 Å². The van der Waals surface area contributed by atoms with Gasteiger partial charge < -0.3 is 25.4 Å². The molecule has 3 N–H and O–H groups in total. The van der Waals surface area contributed by atoms with Gasteiger partial charge in [0.2, 0.25) is 0 Å². The molecule has 1 unspecified atom stereocenters. The number of aromatic nitrogens is 2. The molecule has 1 saturated heterocycles.